The molecular formula is C30H35N3O3. The number of amides is 2. The molecule has 3 aromatic rings. The van der Waals surface area contributed by atoms with Gasteiger partial charge in [-0.3, -0.25) is 9.59 Å². The van der Waals surface area contributed by atoms with Gasteiger partial charge in [-0.05, 0) is 73.9 Å². The maximum atomic E-state index is 14.0. The minimum absolute atomic E-state index is 0.0864. The van der Waals surface area contributed by atoms with Crippen LogP contribution in [0.1, 0.15) is 55.6 Å². The number of methoxy groups -OCH3 is 1. The van der Waals surface area contributed by atoms with E-state index in [1.807, 2.05) is 78.2 Å². The number of rotatable bonds is 6. The predicted octanol–water partition coefficient (Wildman–Crippen LogP) is 5.27. The van der Waals surface area contributed by atoms with Gasteiger partial charge >= 0.3 is 0 Å². The van der Waals surface area contributed by atoms with Gasteiger partial charge in [0, 0.05) is 18.3 Å². The van der Waals surface area contributed by atoms with Crippen molar-refractivity contribution in [1.82, 2.24) is 14.8 Å². The predicted molar refractivity (Wildman–Crippen MR) is 141 cm³/mol. The van der Waals surface area contributed by atoms with Gasteiger partial charge in [0.2, 0.25) is 5.91 Å². The molecule has 1 aromatic heterocycles. The lowest BCUT2D eigenvalue weighted by molar-refractivity contribution is -0.134. The van der Waals surface area contributed by atoms with Gasteiger partial charge in [-0.2, -0.15) is 0 Å². The minimum Gasteiger partial charge on any atom is -0.497 e. The molecule has 0 bridgehead atoms. The van der Waals surface area contributed by atoms with Crippen molar-refractivity contribution in [1.29, 1.82) is 0 Å². The zero-order chi connectivity index (χ0) is 25.3. The SMILES string of the molecule is COc1cccc(CN2C(=O)c3ccc(-c4ccccc4)n3C[C@]2(C)C(=O)NC2CCC(C)CC2)c1. The molecule has 6 heteroatoms. The molecule has 0 saturated heterocycles. The molecule has 1 atom stereocenters. The molecule has 1 aliphatic carbocycles. The first-order valence-corrected chi connectivity index (χ1v) is 12.9. The van der Waals surface area contributed by atoms with E-state index in [1.165, 1.54) is 0 Å². The van der Waals surface area contributed by atoms with Crippen molar-refractivity contribution in [2.24, 2.45) is 5.92 Å². The maximum absolute atomic E-state index is 14.0. The quantitative estimate of drug-likeness (QED) is 0.517. The third-order valence-corrected chi connectivity index (χ3v) is 7.89. The average molecular weight is 486 g/mol. The van der Waals surface area contributed by atoms with Crippen molar-refractivity contribution in [3.63, 3.8) is 0 Å². The molecule has 0 spiro atoms. The van der Waals surface area contributed by atoms with Crippen molar-refractivity contribution in [3.05, 3.63) is 78.0 Å². The summed E-state index contributed by atoms with van der Waals surface area (Å²) >= 11 is 0. The van der Waals surface area contributed by atoms with Crippen molar-refractivity contribution in [2.75, 3.05) is 7.11 Å². The first-order valence-electron chi connectivity index (χ1n) is 12.9. The molecule has 2 aromatic carbocycles. The lowest BCUT2D eigenvalue weighted by Crippen LogP contribution is -2.64. The van der Waals surface area contributed by atoms with Crippen LogP contribution in [0.5, 0.6) is 5.75 Å². The van der Waals surface area contributed by atoms with Crippen molar-refractivity contribution >= 4 is 11.8 Å². The number of nitrogens with one attached hydrogen (secondary N) is 1. The number of aromatic nitrogens is 1. The van der Waals surface area contributed by atoms with Crippen LogP contribution in [0.15, 0.2) is 66.7 Å². The second-order valence-electron chi connectivity index (χ2n) is 10.5. The number of hydrogen-bond donors (Lipinski definition) is 1. The molecule has 1 saturated carbocycles. The van der Waals surface area contributed by atoms with Crippen molar-refractivity contribution in [2.45, 2.75) is 64.2 Å². The van der Waals surface area contributed by atoms with Crippen LogP contribution < -0.4 is 10.1 Å². The van der Waals surface area contributed by atoms with Gasteiger partial charge in [0.1, 0.15) is 17.0 Å². The molecule has 188 valence electrons. The van der Waals surface area contributed by atoms with Gasteiger partial charge < -0.3 is 19.5 Å². The summed E-state index contributed by atoms with van der Waals surface area (Å²) in [6.07, 6.45) is 4.20. The fourth-order valence-electron chi connectivity index (χ4n) is 5.58. The topological polar surface area (TPSA) is 63.6 Å². The number of carbonyl (C=O) groups is 2. The highest BCUT2D eigenvalue weighted by atomic mass is 16.5. The number of nitrogens with zero attached hydrogens (tertiary/aromatic N) is 2. The zero-order valence-electron chi connectivity index (χ0n) is 21.4. The van der Waals surface area contributed by atoms with E-state index in [0.29, 0.717) is 24.7 Å². The summed E-state index contributed by atoms with van der Waals surface area (Å²) in [4.78, 5) is 29.7. The summed E-state index contributed by atoms with van der Waals surface area (Å²) in [6, 6.07) is 21.8. The number of ether oxygens (including phenoxy) is 1. The van der Waals surface area contributed by atoms with Gasteiger partial charge in [0.05, 0.1) is 13.7 Å². The smallest absolute Gasteiger partial charge is 0.271 e. The molecule has 1 fully saturated rings. The van der Waals surface area contributed by atoms with E-state index < -0.39 is 5.54 Å². The average Bonchev–Trinajstić information content (AvgIpc) is 3.32. The summed E-state index contributed by atoms with van der Waals surface area (Å²) in [5.74, 6) is 1.21. The Kier molecular flexibility index (Phi) is 6.61. The Bertz CT molecular complexity index is 1240. The monoisotopic (exact) mass is 485 g/mol. The molecule has 0 radical (unpaired) electrons. The van der Waals surface area contributed by atoms with Gasteiger partial charge in [-0.1, -0.05) is 49.4 Å². The van der Waals surface area contributed by atoms with Crippen LogP contribution in [-0.2, 0) is 17.9 Å². The van der Waals surface area contributed by atoms with Crippen molar-refractivity contribution < 1.29 is 14.3 Å². The van der Waals surface area contributed by atoms with E-state index in [4.69, 9.17) is 4.74 Å². The Hall–Kier alpha value is -3.54. The maximum Gasteiger partial charge on any atom is 0.271 e. The number of carbonyl (C=O) groups excluding carboxylic acids is 2. The fraction of sp³-hybridized carbons (Fsp3) is 0.400. The standard InChI is InChI=1S/C30H35N3O3/c1-21-12-14-24(15-13-21)31-29(35)30(2)20-32-26(23-9-5-4-6-10-23)16-17-27(32)28(34)33(30)19-22-8-7-11-25(18-22)36-3/h4-11,16-18,21,24H,12-15,19-20H2,1-3H3,(H,31,35)/t21?,24?,30-/m1/s1. The lowest BCUT2D eigenvalue weighted by Gasteiger charge is -2.45. The molecule has 2 amide bonds. The molecule has 2 heterocycles. The summed E-state index contributed by atoms with van der Waals surface area (Å²) in [7, 11) is 1.63. The number of hydrogen-bond acceptors (Lipinski definition) is 3. The summed E-state index contributed by atoms with van der Waals surface area (Å²) in [5, 5.41) is 3.32. The molecule has 1 aliphatic heterocycles. The van der Waals surface area contributed by atoms with E-state index >= 15 is 0 Å². The minimum atomic E-state index is -1.04. The molecule has 1 N–H and O–H groups in total. The zero-order valence-corrected chi connectivity index (χ0v) is 21.4. The second-order valence-corrected chi connectivity index (χ2v) is 10.5. The van der Waals surface area contributed by atoms with Gasteiger partial charge in [0.25, 0.3) is 5.91 Å². The highest BCUT2D eigenvalue weighted by Crippen LogP contribution is 2.35. The lowest BCUT2D eigenvalue weighted by atomic mass is 9.86. The summed E-state index contributed by atoms with van der Waals surface area (Å²) < 4.78 is 7.42. The van der Waals surface area contributed by atoms with E-state index in [0.717, 1.165) is 48.3 Å². The van der Waals surface area contributed by atoms with Crippen LogP contribution in [0, 0.1) is 5.92 Å². The van der Waals surface area contributed by atoms with Crippen LogP contribution in [0.3, 0.4) is 0 Å². The molecular weight excluding hydrogens is 450 g/mol. The highest BCUT2D eigenvalue weighted by molar-refractivity contribution is 6.00. The first kappa shape index (κ1) is 24.2. The Morgan fingerprint density at radius 1 is 1.00 bits per heavy atom. The molecule has 2 aliphatic rings. The molecule has 5 rings (SSSR count). The first-order chi connectivity index (χ1) is 17.4. The third kappa shape index (κ3) is 4.52. The Balaban J connectivity index is 1.52. The fourth-order valence-corrected chi connectivity index (χ4v) is 5.58. The van der Waals surface area contributed by atoms with Crippen LogP contribution in [-0.4, -0.2) is 40.0 Å². The number of fused-ring (bicyclic) bond motifs is 1. The van der Waals surface area contributed by atoms with Crippen LogP contribution in [0.4, 0.5) is 0 Å². The van der Waals surface area contributed by atoms with Crippen LogP contribution in [0.25, 0.3) is 11.3 Å². The van der Waals surface area contributed by atoms with E-state index in [2.05, 4.69) is 12.2 Å². The van der Waals surface area contributed by atoms with Gasteiger partial charge in [0.15, 0.2) is 0 Å². The molecule has 6 nitrogen and oxygen atoms in total. The largest absolute Gasteiger partial charge is 0.497 e. The Morgan fingerprint density at radius 3 is 2.44 bits per heavy atom. The Labute approximate surface area is 213 Å². The van der Waals surface area contributed by atoms with E-state index in [1.54, 1.807) is 12.0 Å². The third-order valence-electron chi connectivity index (χ3n) is 7.89. The van der Waals surface area contributed by atoms with Crippen molar-refractivity contribution in [3.8, 4) is 17.0 Å². The van der Waals surface area contributed by atoms with Gasteiger partial charge in [-0.15, -0.1) is 0 Å². The normalized spacial score (nSPS) is 23.8. The second kappa shape index (κ2) is 9.84. The summed E-state index contributed by atoms with van der Waals surface area (Å²) in [6.45, 7) is 4.90. The summed E-state index contributed by atoms with van der Waals surface area (Å²) in [5.41, 5.74) is 2.47. The molecule has 0 unspecified atom stereocenters. The molecule has 36 heavy (non-hydrogen) atoms. The van der Waals surface area contributed by atoms with Crippen LogP contribution >= 0.6 is 0 Å². The van der Waals surface area contributed by atoms with Gasteiger partial charge in [-0.25, -0.2) is 0 Å². The van der Waals surface area contributed by atoms with E-state index in [-0.39, 0.29) is 17.9 Å². The van der Waals surface area contributed by atoms with E-state index in [9.17, 15) is 9.59 Å². The number of benzene rings is 2. The Morgan fingerprint density at radius 2 is 1.72 bits per heavy atom. The van der Waals surface area contributed by atoms with Crippen LogP contribution in [0.2, 0.25) is 0 Å². The highest BCUT2D eigenvalue weighted by Gasteiger charge is 2.48.